The summed E-state index contributed by atoms with van der Waals surface area (Å²) in [5.74, 6) is -0.439. The van der Waals surface area contributed by atoms with Gasteiger partial charge in [-0.25, -0.2) is 0 Å². The molecule has 0 aliphatic carbocycles. The van der Waals surface area contributed by atoms with Crippen molar-refractivity contribution in [2.75, 3.05) is 16.8 Å². The lowest BCUT2D eigenvalue weighted by molar-refractivity contribution is -0.118. The number of amides is 2. The van der Waals surface area contributed by atoms with Gasteiger partial charge in [0.05, 0.1) is 36.3 Å². The summed E-state index contributed by atoms with van der Waals surface area (Å²) >= 11 is 0. The van der Waals surface area contributed by atoms with Crippen molar-refractivity contribution in [2.45, 2.75) is 32.9 Å². The van der Waals surface area contributed by atoms with E-state index in [0.717, 1.165) is 6.42 Å². The van der Waals surface area contributed by atoms with Crippen LogP contribution >= 0.6 is 0 Å². The largest absolute Gasteiger partial charge is 0.394 e. The molecule has 0 saturated heterocycles. The highest BCUT2D eigenvalue weighted by Gasteiger charge is 2.40. The third-order valence-corrected chi connectivity index (χ3v) is 4.58. The summed E-state index contributed by atoms with van der Waals surface area (Å²) in [4.78, 5) is 27.4. The standard InChI is InChI=1S/C18H22N4O3/c1-3-12(2)16-17(24)20-14-6-4-5-7-15(14)22(16)18(25)13-10-19-21(11-13)8-9-23/h4-7,10-12,16,23H,3,8-9H2,1-2H3,(H,20,24). The zero-order valence-corrected chi connectivity index (χ0v) is 14.3. The predicted octanol–water partition coefficient (Wildman–Crippen LogP) is 1.89. The molecule has 1 aliphatic heterocycles. The number of para-hydroxylation sites is 2. The summed E-state index contributed by atoms with van der Waals surface area (Å²) in [6.45, 7) is 4.23. The SMILES string of the molecule is CCC(C)C1C(=O)Nc2ccccc2N1C(=O)c1cnn(CCO)c1. The maximum atomic E-state index is 13.2. The van der Waals surface area contributed by atoms with Crippen LogP contribution in [0.15, 0.2) is 36.7 Å². The number of carbonyl (C=O) groups is 2. The Kier molecular flexibility index (Phi) is 4.85. The molecule has 2 amide bonds. The number of hydrogen-bond donors (Lipinski definition) is 2. The second-order valence-corrected chi connectivity index (χ2v) is 6.23. The van der Waals surface area contributed by atoms with Gasteiger partial charge in [0.2, 0.25) is 5.91 Å². The topological polar surface area (TPSA) is 87.5 Å². The molecule has 0 saturated carbocycles. The second kappa shape index (κ2) is 7.06. The van der Waals surface area contributed by atoms with Crippen LogP contribution in [0.2, 0.25) is 0 Å². The molecule has 1 aromatic carbocycles. The first-order chi connectivity index (χ1) is 12.1. The van der Waals surface area contributed by atoms with Crippen molar-refractivity contribution in [3.8, 4) is 0 Å². The summed E-state index contributed by atoms with van der Waals surface area (Å²) in [6.07, 6.45) is 3.84. The number of anilines is 2. The van der Waals surface area contributed by atoms with Gasteiger partial charge in [-0.1, -0.05) is 32.4 Å². The van der Waals surface area contributed by atoms with Gasteiger partial charge in [-0.05, 0) is 18.1 Å². The number of nitrogens with zero attached hydrogens (tertiary/aromatic N) is 3. The minimum Gasteiger partial charge on any atom is -0.394 e. The molecule has 2 aromatic rings. The van der Waals surface area contributed by atoms with E-state index in [1.165, 1.54) is 10.9 Å². The van der Waals surface area contributed by atoms with Crippen molar-refractivity contribution < 1.29 is 14.7 Å². The molecule has 1 aliphatic rings. The Morgan fingerprint density at radius 1 is 1.40 bits per heavy atom. The first-order valence-electron chi connectivity index (χ1n) is 8.43. The Labute approximate surface area is 146 Å². The number of fused-ring (bicyclic) bond motifs is 1. The average Bonchev–Trinajstić information content (AvgIpc) is 3.08. The summed E-state index contributed by atoms with van der Waals surface area (Å²) in [7, 11) is 0. The van der Waals surface area contributed by atoms with Gasteiger partial charge in [-0.3, -0.25) is 19.2 Å². The van der Waals surface area contributed by atoms with Gasteiger partial charge in [0.25, 0.3) is 5.91 Å². The summed E-state index contributed by atoms with van der Waals surface area (Å²) in [5.41, 5.74) is 1.71. The molecule has 1 aromatic heterocycles. The van der Waals surface area contributed by atoms with Gasteiger partial charge in [0.1, 0.15) is 6.04 Å². The number of aliphatic hydroxyl groups is 1. The Bertz CT molecular complexity index is 786. The van der Waals surface area contributed by atoms with Crippen molar-refractivity contribution in [3.63, 3.8) is 0 Å². The number of benzene rings is 1. The van der Waals surface area contributed by atoms with Gasteiger partial charge in [-0.2, -0.15) is 5.10 Å². The first-order valence-corrected chi connectivity index (χ1v) is 8.43. The minimum absolute atomic E-state index is 0.00444. The van der Waals surface area contributed by atoms with Crippen molar-refractivity contribution in [1.29, 1.82) is 0 Å². The number of rotatable bonds is 5. The van der Waals surface area contributed by atoms with E-state index in [2.05, 4.69) is 10.4 Å². The highest BCUT2D eigenvalue weighted by Crippen LogP contribution is 2.35. The van der Waals surface area contributed by atoms with E-state index in [4.69, 9.17) is 5.11 Å². The molecule has 2 heterocycles. The zero-order chi connectivity index (χ0) is 18.0. The molecular weight excluding hydrogens is 320 g/mol. The molecule has 0 bridgehead atoms. The fourth-order valence-electron chi connectivity index (χ4n) is 3.07. The molecule has 7 nitrogen and oxygen atoms in total. The molecule has 25 heavy (non-hydrogen) atoms. The van der Waals surface area contributed by atoms with Crippen LogP contribution in [0.3, 0.4) is 0 Å². The normalized spacial score (nSPS) is 17.8. The monoisotopic (exact) mass is 342 g/mol. The van der Waals surface area contributed by atoms with Gasteiger partial charge in [0, 0.05) is 6.20 Å². The molecule has 0 fully saturated rings. The lowest BCUT2D eigenvalue weighted by Gasteiger charge is -2.39. The van der Waals surface area contributed by atoms with Gasteiger partial charge in [0.15, 0.2) is 0 Å². The van der Waals surface area contributed by atoms with Gasteiger partial charge < -0.3 is 10.4 Å². The predicted molar refractivity (Wildman–Crippen MR) is 94.4 cm³/mol. The van der Waals surface area contributed by atoms with Crippen LogP contribution in [-0.2, 0) is 11.3 Å². The van der Waals surface area contributed by atoms with Crippen LogP contribution in [0.4, 0.5) is 11.4 Å². The number of carbonyl (C=O) groups excluding carboxylic acids is 2. The van der Waals surface area contributed by atoms with Crippen LogP contribution in [0.25, 0.3) is 0 Å². The van der Waals surface area contributed by atoms with Gasteiger partial charge in [-0.15, -0.1) is 0 Å². The number of hydrogen-bond acceptors (Lipinski definition) is 4. The van der Waals surface area contributed by atoms with E-state index in [-0.39, 0.29) is 24.3 Å². The van der Waals surface area contributed by atoms with Crippen molar-refractivity contribution in [1.82, 2.24) is 9.78 Å². The third kappa shape index (κ3) is 3.15. The smallest absolute Gasteiger partial charge is 0.262 e. The van der Waals surface area contributed by atoms with Crippen LogP contribution in [0.1, 0.15) is 30.6 Å². The highest BCUT2D eigenvalue weighted by atomic mass is 16.3. The Morgan fingerprint density at radius 3 is 2.88 bits per heavy atom. The summed E-state index contributed by atoms with van der Waals surface area (Å²) in [6, 6.07) is 6.72. The van der Waals surface area contributed by atoms with E-state index in [1.54, 1.807) is 17.2 Å². The molecule has 3 rings (SSSR count). The lowest BCUT2D eigenvalue weighted by Crippen LogP contribution is -2.54. The van der Waals surface area contributed by atoms with E-state index >= 15 is 0 Å². The number of aliphatic hydroxyl groups excluding tert-OH is 1. The average molecular weight is 342 g/mol. The minimum atomic E-state index is -0.575. The molecule has 0 radical (unpaired) electrons. The van der Waals surface area contributed by atoms with E-state index in [0.29, 0.717) is 23.5 Å². The lowest BCUT2D eigenvalue weighted by atomic mass is 9.93. The molecule has 2 unspecified atom stereocenters. The maximum Gasteiger partial charge on any atom is 0.262 e. The van der Waals surface area contributed by atoms with Gasteiger partial charge >= 0.3 is 0 Å². The highest BCUT2D eigenvalue weighted by molar-refractivity contribution is 6.16. The zero-order valence-electron chi connectivity index (χ0n) is 14.3. The molecule has 2 N–H and O–H groups in total. The van der Waals surface area contributed by atoms with Crippen molar-refractivity contribution >= 4 is 23.2 Å². The summed E-state index contributed by atoms with van der Waals surface area (Å²) < 4.78 is 1.52. The summed E-state index contributed by atoms with van der Waals surface area (Å²) in [5, 5.41) is 16.0. The van der Waals surface area contributed by atoms with E-state index in [1.807, 2.05) is 32.0 Å². The number of nitrogens with one attached hydrogen (secondary N) is 1. The van der Waals surface area contributed by atoms with E-state index in [9.17, 15) is 9.59 Å². The first kappa shape index (κ1) is 17.2. The van der Waals surface area contributed by atoms with Crippen molar-refractivity contribution in [3.05, 3.63) is 42.2 Å². The van der Waals surface area contributed by atoms with Crippen LogP contribution in [-0.4, -0.2) is 39.4 Å². The molecular formula is C18H22N4O3. The fourth-order valence-corrected chi connectivity index (χ4v) is 3.07. The van der Waals surface area contributed by atoms with Crippen LogP contribution in [0, 0.1) is 5.92 Å². The Hall–Kier alpha value is -2.67. The third-order valence-electron chi connectivity index (χ3n) is 4.58. The Balaban J connectivity index is 2.04. The van der Waals surface area contributed by atoms with E-state index < -0.39 is 6.04 Å². The molecule has 0 spiro atoms. The maximum absolute atomic E-state index is 13.2. The van der Waals surface area contributed by atoms with Crippen molar-refractivity contribution in [2.24, 2.45) is 5.92 Å². The van der Waals surface area contributed by atoms with Crippen LogP contribution < -0.4 is 10.2 Å². The quantitative estimate of drug-likeness (QED) is 0.869. The molecule has 132 valence electrons. The van der Waals surface area contributed by atoms with Crippen LogP contribution in [0.5, 0.6) is 0 Å². The second-order valence-electron chi connectivity index (χ2n) is 6.23. The number of aromatic nitrogens is 2. The Morgan fingerprint density at radius 2 is 2.16 bits per heavy atom. The fraction of sp³-hybridized carbons (Fsp3) is 0.389. The molecule has 2 atom stereocenters. The molecule has 7 heteroatoms.